The van der Waals surface area contributed by atoms with Gasteiger partial charge in [-0.3, -0.25) is 4.79 Å². The van der Waals surface area contributed by atoms with Gasteiger partial charge in [0.25, 0.3) is 5.91 Å². The van der Waals surface area contributed by atoms with Gasteiger partial charge in [-0.2, -0.15) is 0 Å². The average molecular weight is 373 g/mol. The molecule has 7 heteroatoms. The number of halogens is 1. The number of amides is 1. The van der Waals surface area contributed by atoms with Gasteiger partial charge in [-0.1, -0.05) is 0 Å². The number of benzene rings is 1. The zero-order valence-corrected chi connectivity index (χ0v) is 14.6. The molecule has 0 radical (unpaired) electrons. The second-order valence-electron chi connectivity index (χ2n) is 5.01. The van der Waals surface area contributed by atoms with Crippen LogP contribution in [0.5, 0.6) is 17.2 Å². The maximum absolute atomic E-state index is 12.6. The van der Waals surface area contributed by atoms with Crippen molar-refractivity contribution in [2.45, 2.75) is 18.9 Å². The van der Waals surface area contributed by atoms with Crippen molar-refractivity contribution >= 4 is 21.8 Å². The molecule has 1 fully saturated rings. The highest BCUT2D eigenvalue weighted by atomic mass is 79.9. The van der Waals surface area contributed by atoms with Gasteiger partial charge in [0.05, 0.1) is 25.8 Å². The maximum Gasteiger partial charge on any atom is 0.259 e. The fourth-order valence-electron chi connectivity index (χ4n) is 2.59. The van der Waals surface area contributed by atoms with E-state index in [9.17, 15) is 4.79 Å². The van der Waals surface area contributed by atoms with Gasteiger partial charge in [-0.25, -0.2) is 0 Å². The van der Waals surface area contributed by atoms with Gasteiger partial charge in [0.2, 0.25) is 0 Å². The van der Waals surface area contributed by atoms with Crippen LogP contribution in [0.15, 0.2) is 10.5 Å². The van der Waals surface area contributed by atoms with Crippen LogP contribution in [0.1, 0.15) is 23.2 Å². The molecule has 0 saturated carbocycles. The molecule has 0 bridgehead atoms. The molecule has 1 aliphatic rings. The Morgan fingerprint density at radius 3 is 2.59 bits per heavy atom. The van der Waals surface area contributed by atoms with E-state index in [0.29, 0.717) is 39.9 Å². The molecule has 0 spiro atoms. The summed E-state index contributed by atoms with van der Waals surface area (Å²) in [6, 6.07) is 2.03. The van der Waals surface area contributed by atoms with Gasteiger partial charge >= 0.3 is 0 Å². The van der Waals surface area contributed by atoms with Crippen molar-refractivity contribution in [2.24, 2.45) is 0 Å². The first-order valence-electron chi connectivity index (χ1n) is 7.12. The van der Waals surface area contributed by atoms with Crippen molar-refractivity contribution in [3.05, 3.63) is 16.1 Å². The van der Waals surface area contributed by atoms with E-state index in [1.165, 1.54) is 21.3 Å². The highest BCUT2D eigenvalue weighted by Crippen LogP contribution is 2.42. The SMILES string of the molecule is COc1cc(Br)c(OC)c(C(=O)NC[C@@H]2CCCN2)c1OC. The number of ether oxygens (including phenoxy) is 3. The Bertz CT molecular complexity index is 545. The number of carbonyl (C=O) groups is 1. The van der Waals surface area contributed by atoms with Crippen molar-refractivity contribution in [2.75, 3.05) is 34.4 Å². The molecule has 1 aromatic rings. The summed E-state index contributed by atoms with van der Waals surface area (Å²) in [7, 11) is 4.54. The Hall–Kier alpha value is -1.47. The first kappa shape index (κ1) is 16.9. The molecule has 2 rings (SSSR count). The Labute approximate surface area is 138 Å². The zero-order chi connectivity index (χ0) is 16.1. The minimum atomic E-state index is -0.248. The summed E-state index contributed by atoms with van der Waals surface area (Å²) < 4.78 is 16.6. The number of nitrogens with one attached hydrogen (secondary N) is 2. The lowest BCUT2D eigenvalue weighted by Gasteiger charge is -2.18. The topological polar surface area (TPSA) is 68.8 Å². The lowest BCUT2D eigenvalue weighted by Crippen LogP contribution is -2.37. The molecular formula is C15H21BrN2O4. The Morgan fingerprint density at radius 2 is 2.05 bits per heavy atom. The molecule has 22 heavy (non-hydrogen) atoms. The van der Waals surface area contributed by atoms with E-state index in [2.05, 4.69) is 26.6 Å². The Balaban J connectivity index is 2.29. The predicted molar refractivity (Wildman–Crippen MR) is 87.2 cm³/mol. The van der Waals surface area contributed by atoms with Gasteiger partial charge in [-0.15, -0.1) is 0 Å². The number of hydrogen-bond acceptors (Lipinski definition) is 5. The third-order valence-electron chi connectivity index (χ3n) is 3.68. The molecule has 1 saturated heterocycles. The maximum atomic E-state index is 12.6. The summed E-state index contributed by atoms with van der Waals surface area (Å²) in [5, 5.41) is 6.27. The molecule has 0 aromatic heterocycles. The van der Waals surface area contributed by atoms with Gasteiger partial charge in [0.1, 0.15) is 11.3 Å². The highest BCUT2D eigenvalue weighted by molar-refractivity contribution is 9.10. The lowest BCUT2D eigenvalue weighted by molar-refractivity contribution is 0.0943. The van der Waals surface area contributed by atoms with Crippen LogP contribution in [-0.2, 0) is 0 Å². The van der Waals surface area contributed by atoms with Gasteiger partial charge < -0.3 is 24.8 Å². The molecule has 1 heterocycles. The number of carbonyl (C=O) groups excluding carboxylic acids is 1. The van der Waals surface area contributed by atoms with E-state index in [1.54, 1.807) is 6.07 Å². The minimum Gasteiger partial charge on any atom is -0.495 e. The number of rotatable bonds is 6. The van der Waals surface area contributed by atoms with Gasteiger partial charge in [0.15, 0.2) is 11.5 Å². The molecule has 2 N–H and O–H groups in total. The summed E-state index contributed by atoms with van der Waals surface area (Å²) in [5.74, 6) is 1.01. The van der Waals surface area contributed by atoms with E-state index in [1.807, 2.05) is 0 Å². The summed E-state index contributed by atoms with van der Waals surface area (Å²) >= 11 is 3.40. The standard InChI is InChI=1S/C15H21BrN2O4/c1-20-11-7-10(16)13(21-2)12(14(11)22-3)15(19)18-8-9-5-4-6-17-9/h7,9,17H,4-6,8H2,1-3H3,(H,18,19)/t9-/m0/s1. The van der Waals surface area contributed by atoms with Crippen molar-refractivity contribution in [1.82, 2.24) is 10.6 Å². The van der Waals surface area contributed by atoms with Gasteiger partial charge in [-0.05, 0) is 35.3 Å². The average Bonchev–Trinajstić information content (AvgIpc) is 3.04. The molecule has 0 unspecified atom stereocenters. The first-order chi connectivity index (χ1) is 10.6. The second kappa shape index (κ2) is 7.69. The van der Waals surface area contributed by atoms with Crippen molar-refractivity contribution in [3.63, 3.8) is 0 Å². The smallest absolute Gasteiger partial charge is 0.259 e. The third kappa shape index (κ3) is 3.47. The predicted octanol–water partition coefficient (Wildman–Crippen LogP) is 1.96. The zero-order valence-electron chi connectivity index (χ0n) is 13.0. The molecule has 1 aliphatic heterocycles. The summed E-state index contributed by atoms with van der Waals surface area (Å²) in [5.41, 5.74) is 0.328. The van der Waals surface area contributed by atoms with E-state index >= 15 is 0 Å². The highest BCUT2D eigenvalue weighted by Gasteiger charge is 2.26. The fraction of sp³-hybridized carbons (Fsp3) is 0.533. The Morgan fingerprint density at radius 1 is 1.32 bits per heavy atom. The molecule has 0 aliphatic carbocycles. The van der Waals surface area contributed by atoms with Crippen LogP contribution >= 0.6 is 15.9 Å². The van der Waals surface area contributed by atoms with Crippen LogP contribution in [0.25, 0.3) is 0 Å². The molecule has 1 aromatic carbocycles. The lowest BCUT2D eigenvalue weighted by atomic mass is 10.1. The van der Waals surface area contributed by atoms with Crippen LogP contribution in [0, 0.1) is 0 Å². The van der Waals surface area contributed by atoms with Crippen molar-refractivity contribution < 1.29 is 19.0 Å². The quantitative estimate of drug-likeness (QED) is 0.798. The van der Waals surface area contributed by atoms with Crippen molar-refractivity contribution in [3.8, 4) is 17.2 Å². The minimum absolute atomic E-state index is 0.248. The number of methoxy groups -OCH3 is 3. The van der Waals surface area contributed by atoms with Crippen molar-refractivity contribution in [1.29, 1.82) is 0 Å². The fourth-order valence-corrected chi connectivity index (χ4v) is 3.16. The largest absolute Gasteiger partial charge is 0.495 e. The number of hydrogen-bond donors (Lipinski definition) is 2. The third-order valence-corrected chi connectivity index (χ3v) is 4.27. The van der Waals surface area contributed by atoms with Gasteiger partial charge in [0, 0.05) is 18.7 Å². The van der Waals surface area contributed by atoms with E-state index < -0.39 is 0 Å². The summed E-state index contributed by atoms with van der Waals surface area (Å²) in [4.78, 5) is 12.6. The molecule has 122 valence electrons. The summed E-state index contributed by atoms with van der Waals surface area (Å²) in [6.07, 6.45) is 2.20. The van der Waals surface area contributed by atoms with E-state index in [4.69, 9.17) is 14.2 Å². The molecule has 1 amide bonds. The monoisotopic (exact) mass is 372 g/mol. The van der Waals surface area contributed by atoms with Crippen LogP contribution in [0.4, 0.5) is 0 Å². The van der Waals surface area contributed by atoms with Crippen LogP contribution in [-0.4, -0.2) is 46.4 Å². The molecular weight excluding hydrogens is 352 g/mol. The van der Waals surface area contributed by atoms with E-state index in [-0.39, 0.29) is 5.91 Å². The van der Waals surface area contributed by atoms with Crippen LogP contribution in [0.2, 0.25) is 0 Å². The Kier molecular flexibility index (Phi) is 5.90. The normalized spacial score (nSPS) is 17.2. The van der Waals surface area contributed by atoms with Crippen LogP contribution in [0.3, 0.4) is 0 Å². The van der Waals surface area contributed by atoms with Crippen LogP contribution < -0.4 is 24.8 Å². The van der Waals surface area contributed by atoms with E-state index in [0.717, 1.165) is 19.4 Å². The molecule has 1 atom stereocenters. The first-order valence-corrected chi connectivity index (χ1v) is 7.91. The second-order valence-corrected chi connectivity index (χ2v) is 5.86. The summed E-state index contributed by atoms with van der Waals surface area (Å²) in [6.45, 7) is 1.57. The molecule has 6 nitrogen and oxygen atoms in total.